The highest BCUT2D eigenvalue weighted by Crippen LogP contribution is 2.26. The van der Waals surface area contributed by atoms with Gasteiger partial charge in [-0.15, -0.1) is 0 Å². The summed E-state index contributed by atoms with van der Waals surface area (Å²) in [5.41, 5.74) is 1.04. The first-order valence-corrected chi connectivity index (χ1v) is 8.22. The number of hydrogen-bond donors (Lipinski definition) is 0. The maximum atomic E-state index is 12.2. The number of non-ortho nitro benzene ring substituents is 1. The number of hydrogen-bond acceptors (Lipinski definition) is 4. The number of rotatable bonds is 5. The fourth-order valence-electron chi connectivity index (χ4n) is 2.28. The summed E-state index contributed by atoms with van der Waals surface area (Å²) >= 11 is 11.8. The quantitative estimate of drug-likeness (QED) is 0.231. The summed E-state index contributed by atoms with van der Waals surface area (Å²) in [6, 6.07) is 14.1. The highest BCUT2D eigenvalue weighted by atomic mass is 35.5. The van der Waals surface area contributed by atoms with E-state index in [1.807, 2.05) is 0 Å². The smallest absolute Gasteiger partial charge is 0.269 e. The Balaban J connectivity index is 1.76. The Morgan fingerprint density at radius 3 is 2.42 bits per heavy atom. The standard InChI is InChI=1S/C19H11Cl2NO4/c20-13-3-8-16(17(21)11-13)18(23)9-6-15-7-10-19(26-15)12-1-4-14(5-2-12)22(24)25/h1-11H/b9-6+. The van der Waals surface area contributed by atoms with Crippen molar-refractivity contribution >= 4 is 40.7 Å². The zero-order valence-electron chi connectivity index (χ0n) is 13.2. The first-order chi connectivity index (χ1) is 12.4. The highest BCUT2D eigenvalue weighted by Gasteiger charge is 2.10. The van der Waals surface area contributed by atoms with Crippen LogP contribution in [0.4, 0.5) is 5.69 Å². The molecule has 2 aromatic carbocycles. The fourth-order valence-corrected chi connectivity index (χ4v) is 2.78. The van der Waals surface area contributed by atoms with Crippen LogP contribution in [0.5, 0.6) is 0 Å². The van der Waals surface area contributed by atoms with Gasteiger partial charge >= 0.3 is 0 Å². The molecule has 0 fully saturated rings. The monoisotopic (exact) mass is 387 g/mol. The molecule has 3 aromatic rings. The lowest BCUT2D eigenvalue weighted by Crippen LogP contribution is -1.94. The molecule has 0 bridgehead atoms. The molecule has 7 heteroatoms. The number of benzene rings is 2. The number of nitro groups is 1. The first-order valence-electron chi connectivity index (χ1n) is 7.46. The second kappa shape index (κ2) is 7.56. The van der Waals surface area contributed by atoms with E-state index in [1.54, 1.807) is 36.4 Å². The molecule has 0 aliphatic rings. The van der Waals surface area contributed by atoms with Crippen LogP contribution in [0.3, 0.4) is 0 Å². The van der Waals surface area contributed by atoms with Crippen molar-refractivity contribution in [3.63, 3.8) is 0 Å². The number of carbonyl (C=O) groups is 1. The van der Waals surface area contributed by atoms with Gasteiger partial charge in [0, 0.05) is 28.3 Å². The van der Waals surface area contributed by atoms with Gasteiger partial charge in [0.15, 0.2) is 5.78 Å². The lowest BCUT2D eigenvalue weighted by molar-refractivity contribution is -0.384. The van der Waals surface area contributed by atoms with Gasteiger partial charge < -0.3 is 4.42 Å². The van der Waals surface area contributed by atoms with Crippen molar-refractivity contribution in [3.8, 4) is 11.3 Å². The molecule has 0 unspecified atom stereocenters. The molecule has 0 saturated carbocycles. The Labute approximate surface area is 158 Å². The minimum Gasteiger partial charge on any atom is -0.457 e. The molecule has 0 spiro atoms. The van der Waals surface area contributed by atoms with E-state index in [4.69, 9.17) is 27.6 Å². The number of carbonyl (C=O) groups excluding carboxylic acids is 1. The van der Waals surface area contributed by atoms with E-state index >= 15 is 0 Å². The van der Waals surface area contributed by atoms with Crippen molar-refractivity contribution in [1.29, 1.82) is 0 Å². The van der Waals surface area contributed by atoms with E-state index in [2.05, 4.69) is 0 Å². The Hall–Kier alpha value is -2.89. The third kappa shape index (κ3) is 4.02. The number of ketones is 1. The molecular weight excluding hydrogens is 377 g/mol. The average Bonchev–Trinajstić information content (AvgIpc) is 3.09. The molecule has 0 aliphatic carbocycles. The van der Waals surface area contributed by atoms with Gasteiger partial charge in [-0.2, -0.15) is 0 Å². The maximum absolute atomic E-state index is 12.2. The third-order valence-corrected chi connectivity index (χ3v) is 4.13. The number of furan rings is 1. The molecule has 26 heavy (non-hydrogen) atoms. The van der Waals surface area contributed by atoms with Crippen LogP contribution in [0.25, 0.3) is 17.4 Å². The van der Waals surface area contributed by atoms with Crippen molar-refractivity contribution in [2.24, 2.45) is 0 Å². The van der Waals surface area contributed by atoms with Crippen molar-refractivity contribution in [2.45, 2.75) is 0 Å². The molecule has 0 N–H and O–H groups in total. The summed E-state index contributed by atoms with van der Waals surface area (Å²) in [4.78, 5) is 22.4. The molecule has 3 rings (SSSR count). The van der Waals surface area contributed by atoms with Gasteiger partial charge in [-0.1, -0.05) is 23.2 Å². The first kappa shape index (κ1) is 17.9. The van der Waals surface area contributed by atoms with E-state index in [9.17, 15) is 14.9 Å². The molecule has 1 heterocycles. The minimum absolute atomic E-state index is 0.00543. The largest absolute Gasteiger partial charge is 0.457 e. The van der Waals surface area contributed by atoms with Gasteiger partial charge in [0.25, 0.3) is 5.69 Å². The normalized spacial score (nSPS) is 11.0. The Bertz CT molecular complexity index is 1010. The van der Waals surface area contributed by atoms with Crippen molar-refractivity contribution < 1.29 is 14.1 Å². The second-order valence-corrected chi connectivity index (χ2v) is 6.17. The fraction of sp³-hybridized carbons (Fsp3) is 0. The SMILES string of the molecule is O=C(/C=C/c1ccc(-c2ccc([N+](=O)[O-])cc2)o1)c1ccc(Cl)cc1Cl. The molecule has 130 valence electrons. The van der Waals surface area contributed by atoms with Gasteiger partial charge in [0.1, 0.15) is 11.5 Å². The summed E-state index contributed by atoms with van der Waals surface area (Å²) in [6.07, 6.45) is 2.88. The van der Waals surface area contributed by atoms with Crippen LogP contribution in [-0.4, -0.2) is 10.7 Å². The Kier molecular flexibility index (Phi) is 5.21. The minimum atomic E-state index is -0.465. The Morgan fingerprint density at radius 1 is 1.04 bits per heavy atom. The third-order valence-electron chi connectivity index (χ3n) is 3.58. The molecular formula is C19H11Cl2NO4. The van der Waals surface area contributed by atoms with Crippen LogP contribution in [0, 0.1) is 10.1 Å². The van der Waals surface area contributed by atoms with Crippen molar-refractivity contribution in [2.75, 3.05) is 0 Å². The van der Waals surface area contributed by atoms with E-state index < -0.39 is 4.92 Å². The van der Waals surface area contributed by atoms with E-state index in [-0.39, 0.29) is 16.5 Å². The predicted molar refractivity (Wildman–Crippen MR) is 101 cm³/mol. The van der Waals surface area contributed by atoms with Gasteiger partial charge in [0.05, 0.1) is 9.95 Å². The summed E-state index contributed by atoms with van der Waals surface area (Å²) in [6.45, 7) is 0. The van der Waals surface area contributed by atoms with Gasteiger partial charge in [0.2, 0.25) is 0 Å². The van der Waals surface area contributed by atoms with E-state index in [0.717, 1.165) is 0 Å². The highest BCUT2D eigenvalue weighted by molar-refractivity contribution is 6.37. The average molecular weight is 388 g/mol. The lowest BCUT2D eigenvalue weighted by Gasteiger charge is -2.00. The van der Waals surface area contributed by atoms with Crippen LogP contribution in [-0.2, 0) is 0 Å². The molecule has 0 aliphatic heterocycles. The van der Waals surface area contributed by atoms with Crippen LogP contribution >= 0.6 is 23.2 Å². The number of nitrogens with zero attached hydrogens (tertiary/aromatic N) is 1. The van der Waals surface area contributed by atoms with Gasteiger partial charge in [-0.25, -0.2) is 0 Å². The molecule has 0 radical (unpaired) electrons. The van der Waals surface area contributed by atoms with Crippen LogP contribution in [0.1, 0.15) is 16.1 Å². The predicted octanol–water partition coefficient (Wildman–Crippen LogP) is 6.06. The summed E-state index contributed by atoms with van der Waals surface area (Å²) in [7, 11) is 0. The second-order valence-electron chi connectivity index (χ2n) is 5.33. The van der Waals surface area contributed by atoms with Gasteiger partial charge in [-0.05, 0) is 54.6 Å². The lowest BCUT2D eigenvalue weighted by atomic mass is 10.1. The topological polar surface area (TPSA) is 73.3 Å². The van der Waals surface area contributed by atoms with Crippen LogP contribution < -0.4 is 0 Å². The maximum Gasteiger partial charge on any atom is 0.269 e. The Morgan fingerprint density at radius 2 is 1.77 bits per heavy atom. The van der Waals surface area contributed by atoms with Crippen LogP contribution in [0.15, 0.2) is 65.1 Å². The summed E-state index contributed by atoms with van der Waals surface area (Å²) in [5.74, 6) is 0.730. The van der Waals surface area contributed by atoms with E-state index in [0.29, 0.717) is 27.7 Å². The molecule has 0 saturated heterocycles. The number of nitro benzene ring substituents is 1. The van der Waals surface area contributed by atoms with Crippen molar-refractivity contribution in [1.82, 2.24) is 0 Å². The van der Waals surface area contributed by atoms with Crippen molar-refractivity contribution in [3.05, 3.63) is 92.2 Å². The number of halogens is 2. The summed E-state index contributed by atoms with van der Waals surface area (Å²) in [5, 5.41) is 11.4. The van der Waals surface area contributed by atoms with Gasteiger partial charge in [-0.3, -0.25) is 14.9 Å². The molecule has 0 atom stereocenters. The molecule has 1 aromatic heterocycles. The molecule has 0 amide bonds. The molecule has 5 nitrogen and oxygen atoms in total. The van der Waals surface area contributed by atoms with Crippen LogP contribution in [0.2, 0.25) is 10.0 Å². The summed E-state index contributed by atoms with van der Waals surface area (Å²) < 4.78 is 5.64. The zero-order valence-corrected chi connectivity index (χ0v) is 14.7. The number of allylic oxidation sites excluding steroid dienone is 1. The van der Waals surface area contributed by atoms with E-state index in [1.165, 1.54) is 30.4 Å². The zero-order chi connectivity index (χ0) is 18.7.